The summed E-state index contributed by atoms with van der Waals surface area (Å²) in [6.45, 7) is 7.71. The smallest absolute Gasteiger partial charge is 0.389 e. The summed E-state index contributed by atoms with van der Waals surface area (Å²) in [6, 6.07) is 0. The van der Waals surface area contributed by atoms with Crippen molar-refractivity contribution in [2.24, 2.45) is 5.92 Å². The van der Waals surface area contributed by atoms with E-state index in [1.165, 1.54) is 11.8 Å². The molecule has 0 bridgehead atoms. The number of ether oxygens (including phenoxy) is 1. The van der Waals surface area contributed by atoms with Gasteiger partial charge in [0, 0.05) is 6.42 Å². The largest absolute Gasteiger partial charge is 0.462 e. The molecule has 0 rings (SSSR count). The number of thioether (sulfide) groups is 1. The van der Waals surface area contributed by atoms with E-state index in [1.54, 1.807) is 0 Å². The third kappa shape index (κ3) is 13.0. The van der Waals surface area contributed by atoms with Crippen LogP contribution in [-0.2, 0) is 9.53 Å². The summed E-state index contributed by atoms with van der Waals surface area (Å²) in [4.78, 5) is 11.9. The van der Waals surface area contributed by atoms with E-state index in [1.807, 2.05) is 27.7 Å². The maximum atomic E-state index is 12.0. The highest BCUT2D eigenvalue weighted by molar-refractivity contribution is 8.00. The lowest BCUT2D eigenvalue weighted by Gasteiger charge is -2.19. The standard InChI is InChI=1S/C15H27F3O2S/c1-11(2)10-13(14(19)20-12(3)4)21-9-7-5-6-8-15(16,17)18/h11-13H,5-10H2,1-4H3. The van der Waals surface area contributed by atoms with Crippen LogP contribution >= 0.6 is 11.8 Å². The molecule has 0 N–H and O–H groups in total. The quantitative estimate of drug-likeness (QED) is 0.407. The Morgan fingerprint density at radius 1 is 1.10 bits per heavy atom. The van der Waals surface area contributed by atoms with E-state index in [4.69, 9.17) is 4.74 Å². The molecule has 0 aliphatic rings. The second-order valence-corrected chi connectivity index (χ2v) is 7.21. The summed E-state index contributed by atoms with van der Waals surface area (Å²) in [5, 5.41) is -0.213. The van der Waals surface area contributed by atoms with Gasteiger partial charge in [0.2, 0.25) is 0 Å². The highest BCUT2D eigenvalue weighted by Gasteiger charge is 2.26. The van der Waals surface area contributed by atoms with Gasteiger partial charge in [-0.3, -0.25) is 4.79 Å². The molecule has 0 saturated carbocycles. The van der Waals surface area contributed by atoms with Crippen molar-refractivity contribution >= 4 is 17.7 Å². The van der Waals surface area contributed by atoms with Gasteiger partial charge in [-0.15, -0.1) is 11.8 Å². The molecule has 6 heteroatoms. The topological polar surface area (TPSA) is 26.3 Å². The third-order valence-electron chi connectivity index (χ3n) is 2.72. The molecule has 1 atom stereocenters. The second-order valence-electron chi connectivity index (χ2n) is 5.90. The number of carbonyl (C=O) groups excluding carboxylic acids is 1. The predicted molar refractivity (Wildman–Crippen MR) is 81.5 cm³/mol. The normalized spacial score (nSPS) is 13.8. The molecule has 0 aromatic carbocycles. The van der Waals surface area contributed by atoms with E-state index < -0.39 is 12.6 Å². The number of carbonyl (C=O) groups is 1. The van der Waals surface area contributed by atoms with Crippen LogP contribution in [0, 0.1) is 5.92 Å². The van der Waals surface area contributed by atoms with Crippen LogP contribution in [0.2, 0.25) is 0 Å². The fourth-order valence-electron chi connectivity index (χ4n) is 1.80. The van der Waals surface area contributed by atoms with Crippen LogP contribution in [0.3, 0.4) is 0 Å². The zero-order valence-corrected chi connectivity index (χ0v) is 14.1. The Bertz CT molecular complexity index is 291. The second kappa shape index (κ2) is 10.4. The molecule has 0 aromatic heterocycles. The van der Waals surface area contributed by atoms with Crippen LogP contribution in [0.15, 0.2) is 0 Å². The first kappa shape index (κ1) is 20.6. The van der Waals surface area contributed by atoms with E-state index in [0.29, 0.717) is 24.5 Å². The lowest BCUT2D eigenvalue weighted by molar-refractivity contribution is -0.147. The average Bonchev–Trinajstić information content (AvgIpc) is 2.29. The highest BCUT2D eigenvalue weighted by Crippen LogP contribution is 2.25. The van der Waals surface area contributed by atoms with Crippen molar-refractivity contribution in [1.29, 1.82) is 0 Å². The molecule has 0 spiro atoms. The molecule has 0 fully saturated rings. The van der Waals surface area contributed by atoms with E-state index in [2.05, 4.69) is 0 Å². The molecule has 1 unspecified atom stereocenters. The number of hydrogen-bond donors (Lipinski definition) is 0. The van der Waals surface area contributed by atoms with Gasteiger partial charge >= 0.3 is 12.1 Å². The zero-order chi connectivity index (χ0) is 16.5. The average molecular weight is 328 g/mol. The number of rotatable bonds is 10. The lowest BCUT2D eigenvalue weighted by atomic mass is 10.1. The Balaban J connectivity index is 3.99. The van der Waals surface area contributed by atoms with E-state index in [9.17, 15) is 18.0 Å². The zero-order valence-electron chi connectivity index (χ0n) is 13.3. The van der Waals surface area contributed by atoms with Crippen molar-refractivity contribution in [3.8, 4) is 0 Å². The van der Waals surface area contributed by atoms with Gasteiger partial charge in [-0.05, 0) is 44.8 Å². The highest BCUT2D eigenvalue weighted by atomic mass is 32.2. The molecule has 0 radical (unpaired) electrons. The van der Waals surface area contributed by atoms with Crippen LogP contribution in [0.5, 0.6) is 0 Å². The molecule has 0 amide bonds. The molecule has 0 saturated heterocycles. The Labute approximate surface area is 130 Å². The van der Waals surface area contributed by atoms with Crippen LogP contribution in [0.25, 0.3) is 0 Å². The fourth-order valence-corrected chi connectivity index (χ4v) is 3.17. The first-order valence-corrected chi connectivity index (χ1v) is 8.55. The first-order chi connectivity index (χ1) is 9.61. The van der Waals surface area contributed by atoms with Crippen LogP contribution in [-0.4, -0.2) is 29.3 Å². The maximum Gasteiger partial charge on any atom is 0.389 e. The predicted octanol–water partition coefficient (Wildman–Crippen LogP) is 5.21. The van der Waals surface area contributed by atoms with Crippen LogP contribution in [0.1, 0.15) is 59.8 Å². The molecular weight excluding hydrogens is 301 g/mol. The first-order valence-electron chi connectivity index (χ1n) is 7.50. The maximum absolute atomic E-state index is 12.0. The van der Waals surface area contributed by atoms with Gasteiger partial charge in [0.1, 0.15) is 5.25 Å². The number of halogens is 3. The van der Waals surface area contributed by atoms with Crippen molar-refractivity contribution in [3.05, 3.63) is 0 Å². The van der Waals surface area contributed by atoms with Crippen LogP contribution in [0.4, 0.5) is 13.2 Å². The summed E-state index contributed by atoms with van der Waals surface area (Å²) >= 11 is 1.50. The van der Waals surface area contributed by atoms with Gasteiger partial charge in [0.25, 0.3) is 0 Å². The van der Waals surface area contributed by atoms with Crippen molar-refractivity contribution < 1.29 is 22.7 Å². The van der Waals surface area contributed by atoms with Crippen molar-refractivity contribution in [3.63, 3.8) is 0 Å². The summed E-state index contributed by atoms with van der Waals surface area (Å²) in [5.41, 5.74) is 0. The van der Waals surface area contributed by atoms with E-state index >= 15 is 0 Å². The molecule has 0 heterocycles. The molecule has 0 aliphatic heterocycles. The Morgan fingerprint density at radius 3 is 2.19 bits per heavy atom. The van der Waals surface area contributed by atoms with Gasteiger partial charge in [0.15, 0.2) is 0 Å². The van der Waals surface area contributed by atoms with Gasteiger partial charge in [0.05, 0.1) is 6.10 Å². The molecule has 21 heavy (non-hydrogen) atoms. The van der Waals surface area contributed by atoms with E-state index in [0.717, 1.165) is 6.42 Å². The summed E-state index contributed by atoms with van der Waals surface area (Å²) in [6.07, 6.45) is -2.78. The molecule has 126 valence electrons. The monoisotopic (exact) mass is 328 g/mol. The van der Waals surface area contributed by atoms with Crippen molar-refractivity contribution in [2.45, 2.75) is 77.3 Å². The summed E-state index contributed by atoms with van der Waals surface area (Å²) in [7, 11) is 0. The summed E-state index contributed by atoms with van der Waals surface area (Å²) < 4.78 is 41.2. The van der Waals surface area contributed by atoms with Crippen molar-refractivity contribution in [2.75, 3.05) is 5.75 Å². The molecular formula is C15H27F3O2S. The van der Waals surface area contributed by atoms with Gasteiger partial charge in [-0.2, -0.15) is 13.2 Å². The Kier molecular flexibility index (Phi) is 10.2. The minimum atomic E-state index is -4.06. The van der Waals surface area contributed by atoms with Crippen LogP contribution < -0.4 is 0 Å². The van der Waals surface area contributed by atoms with Crippen molar-refractivity contribution in [1.82, 2.24) is 0 Å². The lowest BCUT2D eigenvalue weighted by Crippen LogP contribution is -2.25. The van der Waals surface area contributed by atoms with Gasteiger partial charge in [-0.1, -0.05) is 20.3 Å². The SMILES string of the molecule is CC(C)CC(SCCCCCC(F)(F)F)C(=O)OC(C)C. The Hall–Kier alpha value is -0.390. The molecule has 0 aliphatic carbocycles. The minimum Gasteiger partial charge on any atom is -0.462 e. The van der Waals surface area contributed by atoms with E-state index in [-0.39, 0.29) is 23.7 Å². The summed E-state index contributed by atoms with van der Waals surface area (Å²) in [5.74, 6) is 0.869. The molecule has 0 aromatic rings. The number of hydrogen-bond acceptors (Lipinski definition) is 3. The minimum absolute atomic E-state index is 0.139. The number of esters is 1. The number of unbranched alkanes of at least 4 members (excludes halogenated alkanes) is 2. The van der Waals surface area contributed by atoms with Gasteiger partial charge in [-0.25, -0.2) is 0 Å². The van der Waals surface area contributed by atoms with Gasteiger partial charge < -0.3 is 4.74 Å². The molecule has 2 nitrogen and oxygen atoms in total. The Morgan fingerprint density at radius 2 is 1.71 bits per heavy atom. The number of alkyl halides is 3. The third-order valence-corrected chi connectivity index (χ3v) is 4.04. The fraction of sp³-hybridized carbons (Fsp3) is 0.933.